The molecule has 0 saturated heterocycles. The maximum Gasteiger partial charge on any atom is 0.325 e. The molecule has 3 aromatic rings. The number of nitrogens with one attached hydrogen (secondary N) is 1. The molecule has 0 spiro atoms. The number of benzene rings is 2. The van der Waals surface area contributed by atoms with Gasteiger partial charge >= 0.3 is 7.60 Å². The highest BCUT2D eigenvalue weighted by Crippen LogP contribution is 2.36. The van der Waals surface area contributed by atoms with Gasteiger partial charge in [-0.05, 0) is 54.7 Å². The van der Waals surface area contributed by atoms with Gasteiger partial charge in [-0.15, -0.1) is 0 Å². The Bertz CT molecular complexity index is 994. The third kappa shape index (κ3) is 5.93. The zero-order chi connectivity index (χ0) is 20.9. The number of aromatic nitrogens is 1. The van der Waals surface area contributed by atoms with Crippen molar-refractivity contribution >= 4 is 61.3 Å². The van der Waals surface area contributed by atoms with Crippen LogP contribution in [-0.4, -0.2) is 20.9 Å². The topological polar surface area (TPSA) is 73.3 Å². The number of aryl methyl sites for hydroxylation is 1. The van der Waals surface area contributed by atoms with Crippen LogP contribution < -0.4 is 0 Å². The molecule has 3 N–H and O–H groups in total. The van der Waals surface area contributed by atoms with Gasteiger partial charge in [-0.3, -0.25) is 4.57 Å². The van der Waals surface area contributed by atoms with Crippen LogP contribution in [0, 0.1) is 0 Å². The number of H-pyrrole nitrogens is 1. The van der Waals surface area contributed by atoms with Gasteiger partial charge in [0.05, 0.1) is 5.52 Å². The second-order valence-corrected chi connectivity index (χ2v) is 10.4. The molecule has 7 heteroatoms. The lowest BCUT2D eigenvalue weighted by Crippen LogP contribution is -1.94. The van der Waals surface area contributed by atoms with Gasteiger partial charge in [0, 0.05) is 31.4 Å². The summed E-state index contributed by atoms with van der Waals surface area (Å²) in [5.41, 5.74) is 5.34. The summed E-state index contributed by atoms with van der Waals surface area (Å²) in [5, 5.41) is 2.58. The number of aromatic amines is 1. The predicted molar refractivity (Wildman–Crippen MR) is 126 cm³/mol. The maximum absolute atomic E-state index is 10.2. The fraction of sp³-hybridized carbons (Fsp3) is 0.429. The van der Waals surface area contributed by atoms with Crippen LogP contribution in [0.3, 0.4) is 0 Å². The zero-order valence-electron chi connectivity index (χ0n) is 16.6. The Labute approximate surface area is 183 Å². The Balaban J connectivity index is 0.000000266. The van der Waals surface area contributed by atoms with Gasteiger partial charge in [-0.1, -0.05) is 65.5 Å². The van der Waals surface area contributed by atoms with E-state index in [4.69, 9.17) is 9.79 Å². The molecule has 2 aromatic carbocycles. The van der Waals surface area contributed by atoms with E-state index in [1.54, 1.807) is 0 Å². The highest BCUT2D eigenvalue weighted by molar-refractivity contribution is 9.10. The first-order chi connectivity index (χ1) is 13.2. The van der Waals surface area contributed by atoms with E-state index >= 15 is 0 Å². The highest BCUT2D eigenvalue weighted by Gasteiger charge is 2.14. The first-order valence-electron chi connectivity index (χ1n) is 9.67. The lowest BCUT2D eigenvalue weighted by molar-refractivity contribution is 0.371. The molecule has 0 bridgehead atoms. The smallest absolute Gasteiger partial charge is 0.325 e. The Kier molecular flexibility index (Phi) is 8.78. The standard InChI is InChI=1S/C16H15Br2N.C5H13O3P/c1-3-10-11(4-2)16-13(8-14(10)18)12-7-9(17)5-6-15(12)19-16;1-2-3-4-5-9(6,7)8/h5-8,19H,3-4H2,1-2H3;2-5H2,1H3,(H2,6,7,8). The summed E-state index contributed by atoms with van der Waals surface area (Å²) in [6.45, 7) is 6.44. The Hall–Kier alpha value is -0.650. The molecular formula is C21H28Br2NO3P. The number of rotatable bonds is 6. The van der Waals surface area contributed by atoms with Gasteiger partial charge < -0.3 is 14.8 Å². The highest BCUT2D eigenvalue weighted by atomic mass is 79.9. The molecule has 0 fully saturated rings. The van der Waals surface area contributed by atoms with E-state index in [1.165, 1.54) is 37.4 Å². The van der Waals surface area contributed by atoms with Crippen LogP contribution >= 0.6 is 39.5 Å². The first-order valence-corrected chi connectivity index (χ1v) is 13.1. The van der Waals surface area contributed by atoms with Crippen molar-refractivity contribution in [3.05, 3.63) is 44.3 Å². The largest absolute Gasteiger partial charge is 0.354 e. The van der Waals surface area contributed by atoms with Crippen molar-refractivity contribution in [2.75, 3.05) is 6.16 Å². The van der Waals surface area contributed by atoms with Gasteiger partial charge in [0.2, 0.25) is 0 Å². The van der Waals surface area contributed by atoms with Crippen molar-refractivity contribution in [3.8, 4) is 0 Å². The molecule has 28 heavy (non-hydrogen) atoms. The van der Waals surface area contributed by atoms with Crippen LogP contribution in [-0.2, 0) is 17.4 Å². The van der Waals surface area contributed by atoms with Crippen molar-refractivity contribution in [2.24, 2.45) is 0 Å². The lowest BCUT2D eigenvalue weighted by atomic mass is 9.99. The number of hydrogen-bond acceptors (Lipinski definition) is 1. The summed E-state index contributed by atoms with van der Waals surface area (Å²) in [5.74, 6) is 0. The zero-order valence-corrected chi connectivity index (χ0v) is 20.6. The minimum Gasteiger partial charge on any atom is -0.354 e. The van der Waals surface area contributed by atoms with Gasteiger partial charge in [0.25, 0.3) is 0 Å². The van der Waals surface area contributed by atoms with Crippen LogP contribution in [0.5, 0.6) is 0 Å². The molecule has 3 rings (SSSR count). The number of fused-ring (bicyclic) bond motifs is 3. The Morgan fingerprint density at radius 3 is 2.21 bits per heavy atom. The van der Waals surface area contributed by atoms with Crippen molar-refractivity contribution in [1.29, 1.82) is 0 Å². The SMILES string of the molecule is CCCCCP(=O)(O)O.CCc1c(Br)cc2c([nH]c3ccc(Br)cc32)c1CC. The fourth-order valence-corrected chi connectivity index (χ4v) is 5.17. The summed E-state index contributed by atoms with van der Waals surface area (Å²) >= 11 is 7.29. The molecule has 0 saturated carbocycles. The normalized spacial score (nSPS) is 11.7. The third-order valence-electron chi connectivity index (χ3n) is 4.79. The van der Waals surface area contributed by atoms with E-state index in [0.717, 1.165) is 30.2 Å². The molecule has 0 aliphatic rings. The minimum absolute atomic E-state index is 0.0425. The predicted octanol–water partition coefficient (Wildman–Crippen LogP) is 7.33. The van der Waals surface area contributed by atoms with Crippen LogP contribution in [0.2, 0.25) is 0 Å². The second kappa shape index (κ2) is 10.4. The molecule has 0 unspecified atom stereocenters. The molecule has 4 nitrogen and oxygen atoms in total. The molecule has 0 aliphatic heterocycles. The van der Waals surface area contributed by atoms with E-state index in [9.17, 15) is 4.57 Å². The average Bonchev–Trinajstić information content (AvgIpc) is 2.97. The van der Waals surface area contributed by atoms with Crippen LogP contribution in [0.15, 0.2) is 33.2 Å². The van der Waals surface area contributed by atoms with Crippen LogP contribution in [0.4, 0.5) is 0 Å². The van der Waals surface area contributed by atoms with E-state index in [2.05, 4.69) is 75.0 Å². The monoisotopic (exact) mass is 531 g/mol. The van der Waals surface area contributed by atoms with E-state index in [-0.39, 0.29) is 6.16 Å². The van der Waals surface area contributed by atoms with Crippen molar-refractivity contribution < 1.29 is 14.4 Å². The molecule has 0 atom stereocenters. The molecule has 1 heterocycles. The van der Waals surface area contributed by atoms with Crippen LogP contribution in [0.1, 0.15) is 51.2 Å². The second-order valence-electron chi connectivity index (χ2n) is 6.86. The molecule has 0 radical (unpaired) electrons. The summed E-state index contributed by atoms with van der Waals surface area (Å²) in [7, 11) is -3.70. The summed E-state index contributed by atoms with van der Waals surface area (Å²) in [6, 6.07) is 8.65. The Morgan fingerprint density at radius 1 is 0.964 bits per heavy atom. The molecular weight excluding hydrogens is 505 g/mol. The summed E-state index contributed by atoms with van der Waals surface area (Å²) in [4.78, 5) is 20.3. The molecule has 154 valence electrons. The number of halogens is 2. The van der Waals surface area contributed by atoms with Gasteiger partial charge in [-0.25, -0.2) is 0 Å². The van der Waals surface area contributed by atoms with E-state index < -0.39 is 7.60 Å². The summed E-state index contributed by atoms with van der Waals surface area (Å²) < 4.78 is 12.5. The van der Waals surface area contributed by atoms with E-state index in [1.807, 2.05) is 6.92 Å². The molecule has 0 amide bonds. The summed E-state index contributed by atoms with van der Waals surface area (Å²) in [6.07, 6.45) is 4.69. The number of unbranched alkanes of at least 4 members (excludes halogenated alkanes) is 2. The van der Waals surface area contributed by atoms with Crippen molar-refractivity contribution in [2.45, 2.75) is 52.9 Å². The van der Waals surface area contributed by atoms with Gasteiger partial charge in [0.1, 0.15) is 0 Å². The molecule has 1 aromatic heterocycles. The van der Waals surface area contributed by atoms with Crippen molar-refractivity contribution in [1.82, 2.24) is 4.98 Å². The minimum atomic E-state index is -3.70. The average molecular weight is 533 g/mol. The Morgan fingerprint density at radius 2 is 1.64 bits per heavy atom. The van der Waals surface area contributed by atoms with Gasteiger partial charge in [0.15, 0.2) is 0 Å². The van der Waals surface area contributed by atoms with Crippen molar-refractivity contribution in [3.63, 3.8) is 0 Å². The molecule has 0 aliphatic carbocycles. The van der Waals surface area contributed by atoms with E-state index in [0.29, 0.717) is 6.42 Å². The quantitative estimate of drug-likeness (QED) is 0.230. The van der Waals surface area contributed by atoms with Crippen LogP contribution in [0.25, 0.3) is 21.8 Å². The first kappa shape index (κ1) is 23.6. The fourth-order valence-electron chi connectivity index (χ4n) is 3.42. The van der Waals surface area contributed by atoms with Gasteiger partial charge in [-0.2, -0.15) is 0 Å². The third-order valence-corrected chi connectivity index (χ3v) is 6.89. The lowest BCUT2D eigenvalue weighted by Gasteiger charge is -2.10. The number of hydrogen-bond donors (Lipinski definition) is 3. The maximum atomic E-state index is 10.2.